The van der Waals surface area contributed by atoms with Gasteiger partial charge in [0.15, 0.2) is 5.69 Å². The minimum absolute atomic E-state index is 0.00836. The van der Waals surface area contributed by atoms with E-state index in [1.165, 1.54) is 12.8 Å². The van der Waals surface area contributed by atoms with Gasteiger partial charge in [-0.2, -0.15) is 0 Å². The molecule has 1 aliphatic carbocycles. The Hall–Kier alpha value is -1.47. The van der Waals surface area contributed by atoms with Crippen molar-refractivity contribution < 1.29 is 14.6 Å². The van der Waals surface area contributed by atoms with E-state index in [0.717, 1.165) is 25.7 Å². The average Bonchev–Trinajstić information content (AvgIpc) is 3.15. The maximum absolute atomic E-state index is 11.2. The molecule has 0 bridgehead atoms. The van der Waals surface area contributed by atoms with Gasteiger partial charge < -0.3 is 15.6 Å². The molecule has 1 saturated carbocycles. The summed E-state index contributed by atoms with van der Waals surface area (Å²) in [4.78, 5) is 11.2. The lowest BCUT2D eigenvalue weighted by Crippen LogP contribution is -2.27. The minimum Gasteiger partial charge on any atom is -0.476 e. The Labute approximate surface area is 123 Å². The zero-order valence-electron chi connectivity index (χ0n) is 12.1. The molecule has 1 saturated heterocycles. The van der Waals surface area contributed by atoms with Gasteiger partial charge in [-0.1, -0.05) is 18.1 Å². The standard InChI is InChI=1S/C14H22N4O3/c15-8-4-11-12(13(19)20)16-17-18(11)9-10-3-7-14(21-10)5-1-2-6-14/h10H,1-9,15H2,(H,19,20). The largest absolute Gasteiger partial charge is 0.476 e. The van der Waals surface area contributed by atoms with Crippen LogP contribution in [0.1, 0.15) is 54.7 Å². The second kappa shape index (κ2) is 5.73. The van der Waals surface area contributed by atoms with Gasteiger partial charge in [0.25, 0.3) is 0 Å². The summed E-state index contributed by atoms with van der Waals surface area (Å²) in [5.41, 5.74) is 6.25. The van der Waals surface area contributed by atoms with Gasteiger partial charge in [0, 0.05) is 6.42 Å². The highest BCUT2D eigenvalue weighted by molar-refractivity contribution is 5.86. The number of ether oxygens (including phenoxy) is 1. The summed E-state index contributed by atoms with van der Waals surface area (Å²) in [5, 5.41) is 16.9. The van der Waals surface area contributed by atoms with Crippen LogP contribution >= 0.6 is 0 Å². The Morgan fingerprint density at radius 2 is 2.19 bits per heavy atom. The maximum atomic E-state index is 11.2. The number of aromatic carboxylic acids is 1. The SMILES string of the molecule is NCCc1c(C(=O)O)nnn1CC1CCC2(CCCC2)O1. The van der Waals surface area contributed by atoms with E-state index in [9.17, 15) is 4.79 Å². The van der Waals surface area contributed by atoms with Gasteiger partial charge in [-0.05, 0) is 32.2 Å². The number of hydrogen-bond acceptors (Lipinski definition) is 5. The van der Waals surface area contributed by atoms with Crippen molar-refractivity contribution in [3.05, 3.63) is 11.4 Å². The van der Waals surface area contributed by atoms with Gasteiger partial charge in [0.1, 0.15) is 0 Å². The van der Waals surface area contributed by atoms with Gasteiger partial charge in [-0.15, -0.1) is 5.10 Å². The number of nitrogens with zero attached hydrogens (tertiary/aromatic N) is 3. The third-order valence-electron chi connectivity index (χ3n) is 4.65. The normalized spacial score (nSPS) is 24.0. The van der Waals surface area contributed by atoms with Crippen molar-refractivity contribution in [1.29, 1.82) is 0 Å². The second-order valence-corrected chi connectivity index (χ2v) is 6.08. The van der Waals surface area contributed by atoms with Crippen molar-refractivity contribution in [2.45, 2.75) is 63.2 Å². The molecule has 3 N–H and O–H groups in total. The molecule has 1 aromatic rings. The van der Waals surface area contributed by atoms with Crippen LogP contribution in [-0.2, 0) is 17.7 Å². The zero-order chi connectivity index (χ0) is 14.9. The molecule has 0 aromatic carbocycles. The fourth-order valence-corrected chi connectivity index (χ4v) is 3.63. The first-order valence-corrected chi connectivity index (χ1v) is 7.67. The highest BCUT2D eigenvalue weighted by atomic mass is 16.5. The van der Waals surface area contributed by atoms with Gasteiger partial charge in [-0.25, -0.2) is 9.48 Å². The summed E-state index contributed by atoms with van der Waals surface area (Å²) >= 11 is 0. The van der Waals surface area contributed by atoms with E-state index in [2.05, 4.69) is 10.3 Å². The van der Waals surface area contributed by atoms with E-state index >= 15 is 0 Å². The Morgan fingerprint density at radius 1 is 1.43 bits per heavy atom. The molecule has 0 radical (unpaired) electrons. The minimum atomic E-state index is -1.05. The van der Waals surface area contributed by atoms with E-state index in [4.69, 9.17) is 15.6 Å². The molecule has 1 atom stereocenters. The summed E-state index contributed by atoms with van der Waals surface area (Å²) in [6.45, 7) is 0.945. The van der Waals surface area contributed by atoms with Crippen LogP contribution in [0.4, 0.5) is 0 Å². The summed E-state index contributed by atoms with van der Waals surface area (Å²) < 4.78 is 7.91. The number of nitrogens with two attached hydrogens (primary N) is 1. The first kappa shape index (κ1) is 14.5. The predicted molar refractivity (Wildman–Crippen MR) is 75.0 cm³/mol. The molecule has 2 aliphatic rings. The highest BCUT2D eigenvalue weighted by Crippen LogP contribution is 2.43. The second-order valence-electron chi connectivity index (χ2n) is 6.08. The van der Waals surface area contributed by atoms with Crippen LogP contribution in [0.2, 0.25) is 0 Å². The summed E-state index contributed by atoms with van der Waals surface area (Å²) in [7, 11) is 0. The van der Waals surface area contributed by atoms with Crippen LogP contribution in [0.3, 0.4) is 0 Å². The monoisotopic (exact) mass is 294 g/mol. The van der Waals surface area contributed by atoms with Crippen LogP contribution in [-0.4, -0.2) is 44.3 Å². The Morgan fingerprint density at radius 3 is 2.86 bits per heavy atom. The number of carboxylic acids is 1. The number of hydrogen-bond donors (Lipinski definition) is 2. The molecule has 1 aliphatic heterocycles. The van der Waals surface area contributed by atoms with E-state index < -0.39 is 5.97 Å². The van der Waals surface area contributed by atoms with E-state index in [0.29, 0.717) is 25.2 Å². The van der Waals surface area contributed by atoms with Crippen LogP contribution in [0.25, 0.3) is 0 Å². The van der Waals surface area contributed by atoms with Gasteiger partial charge >= 0.3 is 5.97 Å². The average molecular weight is 294 g/mol. The third-order valence-corrected chi connectivity index (χ3v) is 4.65. The molecule has 0 amide bonds. The smallest absolute Gasteiger partial charge is 0.358 e. The summed E-state index contributed by atoms with van der Waals surface area (Å²) in [5.74, 6) is -1.05. The first-order chi connectivity index (χ1) is 10.1. The van der Waals surface area contributed by atoms with E-state index in [1.807, 2.05) is 0 Å². The van der Waals surface area contributed by atoms with Crippen molar-refractivity contribution in [2.24, 2.45) is 5.73 Å². The maximum Gasteiger partial charge on any atom is 0.358 e. The third kappa shape index (κ3) is 2.80. The molecule has 3 rings (SSSR count). The number of carbonyl (C=O) groups is 1. The number of carboxylic acid groups (broad SMARTS) is 1. The zero-order valence-corrected chi connectivity index (χ0v) is 12.1. The molecule has 7 heteroatoms. The van der Waals surface area contributed by atoms with Crippen molar-refractivity contribution in [2.75, 3.05) is 6.54 Å². The summed E-state index contributed by atoms with van der Waals surface area (Å²) in [6, 6.07) is 0. The number of rotatable bonds is 5. The lowest BCUT2D eigenvalue weighted by atomic mass is 9.98. The Bertz CT molecular complexity index is 522. The molecule has 7 nitrogen and oxygen atoms in total. The van der Waals surface area contributed by atoms with E-state index in [-0.39, 0.29) is 17.4 Å². The number of aromatic nitrogens is 3. The quantitative estimate of drug-likeness (QED) is 0.838. The topological polar surface area (TPSA) is 103 Å². The van der Waals surface area contributed by atoms with Crippen LogP contribution < -0.4 is 5.73 Å². The lowest BCUT2D eigenvalue weighted by molar-refractivity contribution is -0.0433. The van der Waals surface area contributed by atoms with Crippen molar-refractivity contribution in [3.8, 4) is 0 Å². The highest BCUT2D eigenvalue weighted by Gasteiger charge is 2.42. The first-order valence-electron chi connectivity index (χ1n) is 7.67. The fraction of sp³-hybridized carbons (Fsp3) is 0.786. The molecular formula is C14H22N4O3. The molecule has 2 heterocycles. The fourth-order valence-electron chi connectivity index (χ4n) is 3.63. The van der Waals surface area contributed by atoms with Crippen molar-refractivity contribution in [3.63, 3.8) is 0 Å². The lowest BCUT2D eigenvalue weighted by Gasteiger charge is -2.23. The molecule has 1 aromatic heterocycles. The summed E-state index contributed by atoms with van der Waals surface area (Å²) in [6.07, 6.45) is 7.47. The molecule has 21 heavy (non-hydrogen) atoms. The molecule has 1 unspecified atom stereocenters. The Balaban J connectivity index is 1.72. The molecule has 2 fully saturated rings. The van der Waals surface area contributed by atoms with Gasteiger partial charge in [-0.3, -0.25) is 0 Å². The van der Waals surface area contributed by atoms with Crippen LogP contribution in [0.15, 0.2) is 0 Å². The molecule has 1 spiro atoms. The van der Waals surface area contributed by atoms with Crippen molar-refractivity contribution >= 4 is 5.97 Å². The van der Waals surface area contributed by atoms with Crippen molar-refractivity contribution in [1.82, 2.24) is 15.0 Å². The van der Waals surface area contributed by atoms with Crippen LogP contribution in [0, 0.1) is 0 Å². The van der Waals surface area contributed by atoms with E-state index in [1.54, 1.807) is 4.68 Å². The van der Waals surface area contributed by atoms with Gasteiger partial charge in [0.2, 0.25) is 0 Å². The van der Waals surface area contributed by atoms with Crippen LogP contribution in [0.5, 0.6) is 0 Å². The predicted octanol–water partition coefficient (Wildman–Crippen LogP) is 0.969. The molecule has 116 valence electrons. The van der Waals surface area contributed by atoms with Gasteiger partial charge in [0.05, 0.1) is 23.9 Å². The Kier molecular flexibility index (Phi) is 3.95. The molecular weight excluding hydrogens is 272 g/mol.